The largest absolute Gasteiger partial charge is 0.461 e. The SMILES string of the molecule is Cc1ccc(CCC(=O)NCCOC(=O)/C=C/c2ccc(S(=O)(=O)N3CCOCC3)cc2)cc1. The maximum atomic E-state index is 12.6. The van der Waals surface area contributed by atoms with Crippen molar-refractivity contribution >= 4 is 28.0 Å². The quantitative estimate of drug-likeness (QED) is 0.314. The highest BCUT2D eigenvalue weighted by atomic mass is 32.2. The van der Waals surface area contributed by atoms with Gasteiger partial charge in [0.2, 0.25) is 15.9 Å². The van der Waals surface area contributed by atoms with Crippen molar-refractivity contribution in [2.75, 3.05) is 39.5 Å². The van der Waals surface area contributed by atoms with Gasteiger partial charge in [-0.2, -0.15) is 4.31 Å². The first kappa shape index (κ1) is 25.6. The Morgan fingerprint density at radius 2 is 1.74 bits per heavy atom. The lowest BCUT2D eigenvalue weighted by Gasteiger charge is -2.26. The zero-order chi connectivity index (χ0) is 24.4. The topological polar surface area (TPSA) is 102 Å². The van der Waals surface area contributed by atoms with Crippen LogP contribution in [-0.4, -0.2) is 64.1 Å². The number of carbonyl (C=O) groups is 2. The molecule has 0 aromatic heterocycles. The average molecular weight is 487 g/mol. The molecule has 1 fully saturated rings. The highest BCUT2D eigenvalue weighted by Crippen LogP contribution is 2.18. The van der Waals surface area contributed by atoms with Gasteiger partial charge in [0.1, 0.15) is 6.61 Å². The van der Waals surface area contributed by atoms with E-state index < -0.39 is 16.0 Å². The number of morpholine rings is 1. The third kappa shape index (κ3) is 7.79. The van der Waals surface area contributed by atoms with E-state index in [-0.39, 0.29) is 24.0 Å². The predicted molar refractivity (Wildman–Crippen MR) is 129 cm³/mol. The molecule has 1 heterocycles. The Morgan fingerprint density at radius 1 is 1.06 bits per heavy atom. The van der Waals surface area contributed by atoms with Crippen LogP contribution in [0.1, 0.15) is 23.1 Å². The van der Waals surface area contributed by atoms with Crippen molar-refractivity contribution in [2.24, 2.45) is 0 Å². The molecule has 8 nitrogen and oxygen atoms in total. The number of hydrogen-bond donors (Lipinski definition) is 1. The van der Waals surface area contributed by atoms with Gasteiger partial charge in [0.15, 0.2) is 0 Å². The number of nitrogens with one attached hydrogen (secondary N) is 1. The van der Waals surface area contributed by atoms with Gasteiger partial charge in [-0.1, -0.05) is 42.0 Å². The second-order valence-corrected chi connectivity index (χ2v) is 9.86. The fraction of sp³-hybridized carbons (Fsp3) is 0.360. The second kappa shape index (κ2) is 12.5. The fourth-order valence-corrected chi connectivity index (χ4v) is 4.75. The van der Waals surface area contributed by atoms with Crippen LogP contribution in [0.25, 0.3) is 6.08 Å². The van der Waals surface area contributed by atoms with Crippen LogP contribution in [0, 0.1) is 6.92 Å². The van der Waals surface area contributed by atoms with Crippen LogP contribution in [0.5, 0.6) is 0 Å². The molecule has 0 bridgehead atoms. The highest BCUT2D eigenvalue weighted by molar-refractivity contribution is 7.89. The molecule has 0 saturated carbocycles. The zero-order valence-electron chi connectivity index (χ0n) is 19.2. The summed E-state index contributed by atoms with van der Waals surface area (Å²) in [6, 6.07) is 14.3. The van der Waals surface area contributed by atoms with E-state index in [0.717, 1.165) is 5.56 Å². The predicted octanol–water partition coefficient (Wildman–Crippen LogP) is 2.32. The van der Waals surface area contributed by atoms with Crippen molar-refractivity contribution in [3.05, 3.63) is 71.3 Å². The zero-order valence-corrected chi connectivity index (χ0v) is 20.1. The van der Waals surface area contributed by atoms with Crippen molar-refractivity contribution < 1.29 is 27.5 Å². The van der Waals surface area contributed by atoms with E-state index in [9.17, 15) is 18.0 Å². The minimum atomic E-state index is -3.55. The molecule has 2 aromatic rings. The minimum absolute atomic E-state index is 0.0657. The summed E-state index contributed by atoms with van der Waals surface area (Å²) in [5.74, 6) is -0.641. The normalized spacial score (nSPS) is 14.7. The van der Waals surface area contributed by atoms with Gasteiger partial charge in [-0.05, 0) is 42.7 Å². The van der Waals surface area contributed by atoms with Crippen molar-refractivity contribution in [3.8, 4) is 0 Å². The Kier molecular flexibility index (Phi) is 9.38. The average Bonchev–Trinajstić information content (AvgIpc) is 2.86. The number of esters is 1. The second-order valence-electron chi connectivity index (χ2n) is 7.92. The molecule has 0 atom stereocenters. The van der Waals surface area contributed by atoms with Crippen molar-refractivity contribution in [2.45, 2.75) is 24.7 Å². The van der Waals surface area contributed by atoms with Crippen LogP contribution in [0.3, 0.4) is 0 Å². The van der Waals surface area contributed by atoms with Crippen LogP contribution in [0.2, 0.25) is 0 Å². The summed E-state index contributed by atoms with van der Waals surface area (Å²) in [6.45, 7) is 3.77. The molecule has 0 radical (unpaired) electrons. The Morgan fingerprint density at radius 3 is 2.41 bits per heavy atom. The molecule has 1 aliphatic rings. The van der Waals surface area contributed by atoms with Gasteiger partial charge >= 0.3 is 5.97 Å². The van der Waals surface area contributed by atoms with Crippen molar-refractivity contribution in [1.29, 1.82) is 0 Å². The molecule has 3 rings (SSSR count). The lowest BCUT2D eigenvalue weighted by atomic mass is 10.1. The van der Waals surface area contributed by atoms with E-state index in [1.165, 1.54) is 28.1 Å². The molecule has 1 aliphatic heterocycles. The van der Waals surface area contributed by atoms with E-state index >= 15 is 0 Å². The summed E-state index contributed by atoms with van der Waals surface area (Å²) in [4.78, 5) is 24.0. The van der Waals surface area contributed by atoms with E-state index in [1.54, 1.807) is 18.2 Å². The molecule has 182 valence electrons. The Bertz CT molecular complexity index is 1090. The molecular formula is C25H30N2O6S. The number of nitrogens with zero attached hydrogens (tertiary/aromatic N) is 1. The van der Waals surface area contributed by atoms with E-state index in [0.29, 0.717) is 44.7 Å². The maximum absolute atomic E-state index is 12.6. The first-order chi connectivity index (χ1) is 16.3. The number of aryl methyl sites for hydroxylation is 2. The van der Waals surface area contributed by atoms with Crippen LogP contribution in [0.15, 0.2) is 59.5 Å². The smallest absolute Gasteiger partial charge is 0.330 e. The van der Waals surface area contributed by atoms with E-state index in [4.69, 9.17) is 9.47 Å². The molecule has 1 saturated heterocycles. The molecule has 1 N–H and O–H groups in total. The Hall–Kier alpha value is -3.01. The number of amides is 1. The molecule has 2 aromatic carbocycles. The number of sulfonamides is 1. The highest BCUT2D eigenvalue weighted by Gasteiger charge is 2.25. The summed E-state index contributed by atoms with van der Waals surface area (Å²) < 4.78 is 37.0. The summed E-state index contributed by atoms with van der Waals surface area (Å²) in [7, 11) is -3.55. The number of ether oxygens (including phenoxy) is 2. The molecule has 0 unspecified atom stereocenters. The van der Waals surface area contributed by atoms with Gasteiger partial charge in [0.25, 0.3) is 0 Å². The standard InChI is InChI=1S/C25H30N2O6S/c1-20-2-4-21(5-3-20)8-12-24(28)26-14-17-33-25(29)13-9-22-6-10-23(11-7-22)34(30,31)27-15-18-32-19-16-27/h2-7,9-11,13H,8,12,14-19H2,1H3,(H,26,28)/b13-9+. The van der Waals surface area contributed by atoms with Crippen LogP contribution in [-0.2, 0) is 35.5 Å². The molecule has 0 spiro atoms. The molecule has 0 aliphatic carbocycles. The van der Waals surface area contributed by atoms with Gasteiger partial charge < -0.3 is 14.8 Å². The fourth-order valence-electron chi connectivity index (χ4n) is 3.34. The van der Waals surface area contributed by atoms with E-state index in [1.807, 2.05) is 31.2 Å². The van der Waals surface area contributed by atoms with Crippen LogP contribution < -0.4 is 5.32 Å². The minimum Gasteiger partial charge on any atom is -0.461 e. The molecular weight excluding hydrogens is 456 g/mol. The third-order valence-corrected chi connectivity index (χ3v) is 7.24. The number of rotatable bonds is 10. The summed E-state index contributed by atoms with van der Waals surface area (Å²) >= 11 is 0. The lowest BCUT2D eigenvalue weighted by molar-refractivity contribution is -0.138. The van der Waals surface area contributed by atoms with Gasteiger partial charge in [-0.3, -0.25) is 4.79 Å². The van der Waals surface area contributed by atoms with Crippen molar-refractivity contribution in [3.63, 3.8) is 0 Å². The lowest BCUT2D eigenvalue weighted by Crippen LogP contribution is -2.40. The first-order valence-electron chi connectivity index (χ1n) is 11.2. The summed E-state index contributed by atoms with van der Waals surface area (Å²) in [6.07, 6.45) is 3.84. The van der Waals surface area contributed by atoms with Gasteiger partial charge in [-0.25, -0.2) is 13.2 Å². The number of hydrogen-bond acceptors (Lipinski definition) is 6. The molecule has 1 amide bonds. The van der Waals surface area contributed by atoms with Gasteiger partial charge in [0, 0.05) is 25.6 Å². The number of carbonyl (C=O) groups excluding carboxylic acids is 2. The molecule has 9 heteroatoms. The summed E-state index contributed by atoms with van der Waals surface area (Å²) in [5, 5.41) is 2.73. The third-order valence-electron chi connectivity index (χ3n) is 5.33. The van der Waals surface area contributed by atoms with Crippen LogP contribution >= 0.6 is 0 Å². The summed E-state index contributed by atoms with van der Waals surface area (Å²) in [5.41, 5.74) is 2.95. The van der Waals surface area contributed by atoms with Gasteiger partial charge in [0.05, 0.1) is 24.7 Å². The Labute approximate surface area is 200 Å². The monoisotopic (exact) mass is 486 g/mol. The number of benzene rings is 2. The Balaban J connectivity index is 1.36. The molecule has 34 heavy (non-hydrogen) atoms. The van der Waals surface area contributed by atoms with E-state index in [2.05, 4.69) is 5.32 Å². The van der Waals surface area contributed by atoms with Gasteiger partial charge in [-0.15, -0.1) is 0 Å². The van der Waals surface area contributed by atoms with Crippen molar-refractivity contribution in [1.82, 2.24) is 9.62 Å². The first-order valence-corrected chi connectivity index (χ1v) is 12.6. The maximum Gasteiger partial charge on any atom is 0.330 e. The van der Waals surface area contributed by atoms with Crippen LogP contribution in [0.4, 0.5) is 0 Å².